The van der Waals surface area contributed by atoms with Crippen LogP contribution < -0.4 is 0 Å². The Morgan fingerprint density at radius 1 is 1.11 bits per heavy atom. The van der Waals surface area contributed by atoms with Gasteiger partial charge in [0.25, 0.3) is 0 Å². The van der Waals surface area contributed by atoms with E-state index in [2.05, 4.69) is 54.0 Å². The van der Waals surface area contributed by atoms with Gasteiger partial charge in [0, 0.05) is 38.3 Å². The van der Waals surface area contributed by atoms with Crippen LogP contribution in [0.1, 0.15) is 38.3 Å². The molecule has 0 saturated carbocycles. The number of piperidine rings is 1. The normalized spacial score (nSPS) is 31.6. The lowest BCUT2D eigenvalue weighted by molar-refractivity contribution is -0.000549. The quantitative estimate of drug-likeness (QED) is 0.821. The second-order valence-electron chi connectivity index (χ2n) is 6.54. The largest absolute Gasteiger partial charge is 0.298 e. The van der Waals surface area contributed by atoms with Crippen LogP contribution in [-0.2, 0) is 0 Å². The minimum absolute atomic E-state index is 0.665. The summed E-state index contributed by atoms with van der Waals surface area (Å²) in [5.41, 5.74) is 1.51. The van der Waals surface area contributed by atoms with Crippen molar-refractivity contribution in [2.24, 2.45) is 5.92 Å². The summed E-state index contributed by atoms with van der Waals surface area (Å²) in [4.78, 5) is 5.43. The highest BCUT2D eigenvalue weighted by molar-refractivity contribution is 5.20. The van der Waals surface area contributed by atoms with E-state index in [1.54, 1.807) is 0 Å². The predicted molar refractivity (Wildman–Crippen MR) is 80.2 cm³/mol. The van der Waals surface area contributed by atoms with Crippen molar-refractivity contribution in [3.8, 4) is 0 Å². The molecule has 0 amide bonds. The van der Waals surface area contributed by atoms with Gasteiger partial charge in [-0.05, 0) is 24.3 Å². The van der Waals surface area contributed by atoms with E-state index in [0.717, 1.165) is 12.0 Å². The van der Waals surface area contributed by atoms with Gasteiger partial charge < -0.3 is 0 Å². The topological polar surface area (TPSA) is 6.48 Å². The first kappa shape index (κ1) is 13.1. The van der Waals surface area contributed by atoms with Crippen LogP contribution in [-0.4, -0.2) is 42.0 Å². The lowest BCUT2D eigenvalue weighted by Gasteiger charge is -2.49. The van der Waals surface area contributed by atoms with E-state index in [4.69, 9.17) is 0 Å². The molecule has 2 bridgehead atoms. The van der Waals surface area contributed by atoms with Gasteiger partial charge in [-0.1, -0.05) is 44.2 Å². The molecule has 2 fully saturated rings. The molecule has 0 radical (unpaired) electrons. The van der Waals surface area contributed by atoms with Crippen molar-refractivity contribution in [1.29, 1.82) is 0 Å². The summed E-state index contributed by atoms with van der Waals surface area (Å²) in [5.74, 6) is 0.790. The van der Waals surface area contributed by atoms with Crippen LogP contribution in [0, 0.1) is 5.92 Å². The molecule has 2 saturated heterocycles. The molecule has 0 N–H and O–H groups in total. The first-order valence-electron chi connectivity index (χ1n) is 7.77. The minimum atomic E-state index is 0.665. The third kappa shape index (κ3) is 2.85. The SMILES string of the molecule is CC(C)CN1CCN2C[C@@H]1CCC2c1ccccc1. The Labute approximate surface area is 117 Å². The van der Waals surface area contributed by atoms with E-state index < -0.39 is 0 Å². The summed E-state index contributed by atoms with van der Waals surface area (Å²) in [7, 11) is 0. The van der Waals surface area contributed by atoms with Gasteiger partial charge in [0.15, 0.2) is 0 Å². The number of piperazine rings is 1. The molecule has 1 aromatic rings. The van der Waals surface area contributed by atoms with E-state index in [1.165, 1.54) is 44.6 Å². The van der Waals surface area contributed by atoms with Gasteiger partial charge in [-0.25, -0.2) is 0 Å². The zero-order valence-corrected chi connectivity index (χ0v) is 12.3. The van der Waals surface area contributed by atoms with Crippen LogP contribution in [0.5, 0.6) is 0 Å². The Bertz CT molecular complexity index is 401. The third-order valence-electron chi connectivity index (χ3n) is 4.63. The van der Waals surface area contributed by atoms with Gasteiger partial charge in [-0.15, -0.1) is 0 Å². The molecule has 2 nitrogen and oxygen atoms in total. The summed E-state index contributed by atoms with van der Waals surface area (Å²) in [6.07, 6.45) is 2.69. The number of benzene rings is 1. The Balaban J connectivity index is 1.67. The third-order valence-corrected chi connectivity index (χ3v) is 4.63. The summed E-state index contributed by atoms with van der Waals surface area (Å²) >= 11 is 0. The molecule has 0 aliphatic carbocycles. The molecule has 0 spiro atoms. The molecule has 3 rings (SSSR count). The van der Waals surface area contributed by atoms with Gasteiger partial charge in [0.2, 0.25) is 0 Å². The summed E-state index contributed by atoms with van der Waals surface area (Å²) in [6.45, 7) is 9.71. The highest BCUT2D eigenvalue weighted by atomic mass is 15.3. The summed E-state index contributed by atoms with van der Waals surface area (Å²) in [5, 5.41) is 0. The van der Waals surface area contributed by atoms with Crippen molar-refractivity contribution < 1.29 is 0 Å². The van der Waals surface area contributed by atoms with Gasteiger partial charge >= 0.3 is 0 Å². The van der Waals surface area contributed by atoms with E-state index >= 15 is 0 Å². The van der Waals surface area contributed by atoms with Crippen molar-refractivity contribution in [3.63, 3.8) is 0 Å². The molecule has 2 heterocycles. The number of rotatable bonds is 3. The zero-order valence-electron chi connectivity index (χ0n) is 12.3. The average molecular weight is 258 g/mol. The highest BCUT2D eigenvalue weighted by Crippen LogP contribution is 2.34. The van der Waals surface area contributed by atoms with Crippen molar-refractivity contribution in [3.05, 3.63) is 35.9 Å². The fraction of sp³-hybridized carbons (Fsp3) is 0.647. The van der Waals surface area contributed by atoms with E-state index in [9.17, 15) is 0 Å². The molecule has 19 heavy (non-hydrogen) atoms. The minimum Gasteiger partial charge on any atom is -0.298 e. The lowest BCUT2D eigenvalue weighted by atomic mass is 9.90. The van der Waals surface area contributed by atoms with E-state index in [0.29, 0.717) is 6.04 Å². The monoisotopic (exact) mass is 258 g/mol. The molecular weight excluding hydrogens is 232 g/mol. The molecule has 1 aromatic carbocycles. The first-order chi connectivity index (χ1) is 9.24. The lowest BCUT2D eigenvalue weighted by Crippen LogP contribution is -2.57. The number of hydrogen-bond acceptors (Lipinski definition) is 2. The van der Waals surface area contributed by atoms with Crippen molar-refractivity contribution in [1.82, 2.24) is 9.80 Å². The summed E-state index contributed by atoms with van der Waals surface area (Å²) < 4.78 is 0. The van der Waals surface area contributed by atoms with Gasteiger partial charge in [-0.3, -0.25) is 9.80 Å². The van der Waals surface area contributed by atoms with Crippen LogP contribution in [0.3, 0.4) is 0 Å². The molecule has 104 valence electrons. The Morgan fingerprint density at radius 2 is 1.89 bits per heavy atom. The molecule has 2 aliphatic heterocycles. The zero-order chi connectivity index (χ0) is 13.2. The van der Waals surface area contributed by atoms with Gasteiger partial charge in [-0.2, -0.15) is 0 Å². The van der Waals surface area contributed by atoms with E-state index in [-0.39, 0.29) is 0 Å². The molecular formula is C17H26N2. The van der Waals surface area contributed by atoms with Gasteiger partial charge in [0.1, 0.15) is 0 Å². The van der Waals surface area contributed by atoms with Crippen LogP contribution in [0.2, 0.25) is 0 Å². The fourth-order valence-corrected chi connectivity index (χ4v) is 3.77. The molecule has 2 unspecified atom stereocenters. The molecule has 3 atom stereocenters. The van der Waals surface area contributed by atoms with Gasteiger partial charge in [0.05, 0.1) is 0 Å². The maximum Gasteiger partial charge on any atom is 0.0349 e. The standard InChI is InChI=1S/C17H26N2/c1-14(2)12-18-10-11-19-13-16(18)8-9-17(19)15-6-4-3-5-7-15/h3-7,14,16-17H,8-13H2,1-2H3/t16-,17?/m0/s1. The highest BCUT2D eigenvalue weighted by Gasteiger charge is 2.35. The van der Waals surface area contributed by atoms with Crippen molar-refractivity contribution >= 4 is 0 Å². The molecule has 2 heteroatoms. The number of hydrogen-bond donors (Lipinski definition) is 0. The second kappa shape index (κ2) is 5.64. The maximum atomic E-state index is 2.72. The van der Waals surface area contributed by atoms with Crippen molar-refractivity contribution in [2.45, 2.75) is 38.8 Å². The number of nitrogens with zero attached hydrogens (tertiary/aromatic N) is 2. The van der Waals surface area contributed by atoms with Crippen LogP contribution in [0.4, 0.5) is 0 Å². The molecule has 0 aromatic heterocycles. The average Bonchev–Trinajstić information content (AvgIpc) is 2.43. The smallest absolute Gasteiger partial charge is 0.0349 e. The predicted octanol–water partition coefficient (Wildman–Crippen LogP) is 3.16. The Hall–Kier alpha value is -0.860. The number of fused-ring (bicyclic) bond motifs is 2. The first-order valence-corrected chi connectivity index (χ1v) is 7.77. The van der Waals surface area contributed by atoms with Crippen LogP contribution >= 0.6 is 0 Å². The molecule has 2 aliphatic rings. The maximum absolute atomic E-state index is 2.72. The fourth-order valence-electron chi connectivity index (χ4n) is 3.77. The van der Waals surface area contributed by atoms with Crippen LogP contribution in [0.15, 0.2) is 30.3 Å². The Kier molecular flexibility index (Phi) is 3.90. The van der Waals surface area contributed by atoms with Crippen molar-refractivity contribution in [2.75, 3.05) is 26.2 Å². The summed E-state index contributed by atoms with van der Waals surface area (Å²) in [6, 6.07) is 12.5. The van der Waals surface area contributed by atoms with Crippen LogP contribution in [0.25, 0.3) is 0 Å². The Morgan fingerprint density at radius 3 is 2.63 bits per heavy atom. The van der Waals surface area contributed by atoms with E-state index in [1.807, 2.05) is 0 Å². The second-order valence-corrected chi connectivity index (χ2v) is 6.54.